The molecule has 2 N–H and O–H groups in total. The van der Waals surface area contributed by atoms with Crippen LogP contribution < -0.4 is 10.6 Å². The van der Waals surface area contributed by atoms with E-state index in [1.807, 2.05) is 18.5 Å². The minimum absolute atomic E-state index is 0. The highest BCUT2D eigenvalue weighted by Crippen LogP contribution is 2.07. The molecule has 0 spiro atoms. The van der Waals surface area contributed by atoms with E-state index in [-0.39, 0.29) is 24.0 Å². The van der Waals surface area contributed by atoms with Crippen molar-refractivity contribution in [1.82, 2.24) is 30.3 Å². The number of guanidine groups is 1. The normalized spacial score (nSPS) is 16.5. The molecular formula is C18H30IN7OS. The second kappa shape index (κ2) is 11.7. The molecule has 1 aliphatic rings. The van der Waals surface area contributed by atoms with E-state index in [9.17, 15) is 0 Å². The summed E-state index contributed by atoms with van der Waals surface area (Å²) in [6, 6.07) is 4.60. The number of hydrogen-bond acceptors (Lipinski definition) is 6. The molecule has 10 heteroatoms. The molecule has 1 saturated heterocycles. The summed E-state index contributed by atoms with van der Waals surface area (Å²) < 4.78 is 7.41. The number of ether oxygens (including phenoxy) is 1. The quantitative estimate of drug-likeness (QED) is 0.330. The number of nitrogens with one attached hydrogen (secondary N) is 2. The van der Waals surface area contributed by atoms with Gasteiger partial charge in [0.15, 0.2) is 11.8 Å². The predicted molar refractivity (Wildman–Crippen MR) is 123 cm³/mol. The Bertz CT molecular complexity index is 728. The lowest BCUT2D eigenvalue weighted by Crippen LogP contribution is -2.49. The van der Waals surface area contributed by atoms with E-state index in [1.54, 1.807) is 11.3 Å². The summed E-state index contributed by atoms with van der Waals surface area (Å²) in [5, 5.41) is 17.3. The third kappa shape index (κ3) is 6.68. The lowest BCUT2D eigenvalue weighted by atomic mass is 10.2. The zero-order chi connectivity index (χ0) is 19.1. The van der Waals surface area contributed by atoms with Crippen LogP contribution >= 0.6 is 35.3 Å². The molecular weight excluding hydrogens is 489 g/mol. The van der Waals surface area contributed by atoms with E-state index in [4.69, 9.17) is 9.73 Å². The van der Waals surface area contributed by atoms with Crippen LogP contribution in [-0.4, -0.2) is 64.5 Å². The summed E-state index contributed by atoms with van der Waals surface area (Å²) in [5.74, 6) is 2.54. The zero-order valence-corrected chi connectivity index (χ0v) is 19.9. The minimum Gasteiger partial charge on any atom is -0.379 e. The van der Waals surface area contributed by atoms with E-state index in [2.05, 4.69) is 50.2 Å². The fraction of sp³-hybridized carbons (Fsp3) is 0.611. The number of thiophene rings is 1. The van der Waals surface area contributed by atoms with Crippen LogP contribution in [-0.2, 0) is 24.9 Å². The Balaban J connectivity index is 0.00000280. The Labute approximate surface area is 187 Å². The first-order valence-electron chi connectivity index (χ1n) is 9.34. The standard InChI is InChI=1S/C18H29N7OS.HI/c1-14(25-6-8-26-9-7-25)11-19-18(20-12-16-5-4-10-27-16)21-13-17-23-22-15(2)24(17)3;/h4-5,10,14H,6-9,11-13H2,1-3H3,(H2,19,20,21);1H. The van der Waals surface area contributed by atoms with Crippen molar-refractivity contribution in [2.45, 2.75) is 33.0 Å². The van der Waals surface area contributed by atoms with Gasteiger partial charge in [-0.3, -0.25) is 4.90 Å². The van der Waals surface area contributed by atoms with Gasteiger partial charge in [0.25, 0.3) is 0 Å². The first-order valence-corrected chi connectivity index (χ1v) is 10.2. The van der Waals surface area contributed by atoms with Crippen LogP contribution in [0.3, 0.4) is 0 Å². The molecule has 0 radical (unpaired) electrons. The van der Waals surface area contributed by atoms with Crippen LogP contribution in [0.25, 0.3) is 0 Å². The van der Waals surface area contributed by atoms with Gasteiger partial charge in [0.05, 0.1) is 19.8 Å². The topological polar surface area (TPSA) is 79.6 Å². The first kappa shape index (κ1) is 23.0. The maximum Gasteiger partial charge on any atom is 0.192 e. The number of hydrogen-bond donors (Lipinski definition) is 2. The largest absolute Gasteiger partial charge is 0.379 e. The van der Waals surface area contributed by atoms with Crippen molar-refractivity contribution in [1.29, 1.82) is 0 Å². The predicted octanol–water partition coefficient (Wildman–Crippen LogP) is 1.76. The molecule has 28 heavy (non-hydrogen) atoms. The summed E-state index contributed by atoms with van der Waals surface area (Å²) in [4.78, 5) is 8.44. The van der Waals surface area contributed by atoms with Crippen LogP contribution in [0.5, 0.6) is 0 Å². The molecule has 0 amide bonds. The number of aliphatic imine (C=N–C) groups is 1. The monoisotopic (exact) mass is 519 g/mol. The van der Waals surface area contributed by atoms with Gasteiger partial charge in [0.1, 0.15) is 12.4 Å². The van der Waals surface area contributed by atoms with E-state index >= 15 is 0 Å². The first-order chi connectivity index (χ1) is 13.1. The molecule has 156 valence electrons. The van der Waals surface area contributed by atoms with E-state index in [0.29, 0.717) is 12.6 Å². The third-order valence-corrected chi connectivity index (χ3v) is 5.68. The van der Waals surface area contributed by atoms with Gasteiger partial charge in [-0.05, 0) is 25.3 Å². The van der Waals surface area contributed by atoms with Crippen molar-refractivity contribution < 1.29 is 4.74 Å². The molecule has 3 rings (SSSR count). The van der Waals surface area contributed by atoms with E-state index in [1.165, 1.54) is 4.88 Å². The number of halogens is 1. The Morgan fingerprint density at radius 3 is 2.75 bits per heavy atom. The molecule has 2 aromatic rings. The number of aryl methyl sites for hydroxylation is 1. The second-order valence-electron chi connectivity index (χ2n) is 6.70. The summed E-state index contributed by atoms with van der Waals surface area (Å²) >= 11 is 1.74. The molecule has 3 heterocycles. The molecule has 0 bridgehead atoms. The number of nitrogens with zero attached hydrogens (tertiary/aromatic N) is 5. The molecule has 1 unspecified atom stereocenters. The van der Waals surface area contributed by atoms with Crippen molar-refractivity contribution in [3.8, 4) is 0 Å². The molecule has 0 saturated carbocycles. The van der Waals surface area contributed by atoms with Crippen molar-refractivity contribution >= 4 is 41.3 Å². The zero-order valence-electron chi connectivity index (χ0n) is 16.7. The summed E-state index contributed by atoms with van der Waals surface area (Å²) in [7, 11) is 1.97. The summed E-state index contributed by atoms with van der Waals surface area (Å²) in [5.41, 5.74) is 0. The lowest BCUT2D eigenvalue weighted by Gasteiger charge is -2.32. The van der Waals surface area contributed by atoms with Crippen molar-refractivity contribution in [2.24, 2.45) is 12.0 Å². The fourth-order valence-corrected chi connectivity index (χ4v) is 3.53. The van der Waals surface area contributed by atoms with Gasteiger partial charge in [-0.25, -0.2) is 4.99 Å². The Morgan fingerprint density at radius 1 is 1.32 bits per heavy atom. The van der Waals surface area contributed by atoms with Gasteiger partial charge in [-0.1, -0.05) is 6.07 Å². The SMILES string of the molecule is Cc1nnc(CN=C(NCc2cccs2)NCC(C)N2CCOCC2)n1C.I. The molecule has 0 aromatic carbocycles. The van der Waals surface area contributed by atoms with Crippen molar-refractivity contribution in [2.75, 3.05) is 32.8 Å². The molecule has 2 aromatic heterocycles. The van der Waals surface area contributed by atoms with Crippen LogP contribution in [0.4, 0.5) is 0 Å². The molecule has 0 aliphatic carbocycles. The average molecular weight is 519 g/mol. The van der Waals surface area contributed by atoms with Gasteiger partial charge in [0.2, 0.25) is 0 Å². The maximum absolute atomic E-state index is 5.44. The average Bonchev–Trinajstić information content (AvgIpc) is 3.33. The number of rotatable bonds is 7. The van der Waals surface area contributed by atoms with E-state index in [0.717, 1.165) is 57.0 Å². The van der Waals surface area contributed by atoms with Crippen LogP contribution in [0, 0.1) is 6.92 Å². The Hall–Kier alpha value is -1.24. The Kier molecular flexibility index (Phi) is 9.62. The van der Waals surface area contributed by atoms with Gasteiger partial charge < -0.3 is 19.9 Å². The smallest absolute Gasteiger partial charge is 0.192 e. The van der Waals surface area contributed by atoms with Crippen molar-refractivity contribution in [3.63, 3.8) is 0 Å². The molecule has 1 aliphatic heterocycles. The highest BCUT2D eigenvalue weighted by molar-refractivity contribution is 14.0. The van der Waals surface area contributed by atoms with Gasteiger partial charge in [-0.15, -0.1) is 45.5 Å². The number of morpholine rings is 1. The van der Waals surface area contributed by atoms with Crippen molar-refractivity contribution in [3.05, 3.63) is 34.0 Å². The van der Waals surface area contributed by atoms with E-state index < -0.39 is 0 Å². The van der Waals surface area contributed by atoms with Gasteiger partial charge >= 0.3 is 0 Å². The molecule has 1 fully saturated rings. The molecule has 8 nitrogen and oxygen atoms in total. The summed E-state index contributed by atoms with van der Waals surface area (Å²) in [6.07, 6.45) is 0. The van der Waals surface area contributed by atoms with Gasteiger partial charge in [-0.2, -0.15) is 0 Å². The van der Waals surface area contributed by atoms with Crippen LogP contribution in [0.1, 0.15) is 23.4 Å². The minimum atomic E-state index is 0. The second-order valence-corrected chi connectivity index (χ2v) is 7.73. The fourth-order valence-electron chi connectivity index (χ4n) is 2.89. The van der Waals surface area contributed by atoms with Crippen LogP contribution in [0.15, 0.2) is 22.5 Å². The molecule has 1 atom stereocenters. The maximum atomic E-state index is 5.44. The Morgan fingerprint density at radius 2 is 2.11 bits per heavy atom. The highest BCUT2D eigenvalue weighted by atomic mass is 127. The number of aromatic nitrogens is 3. The highest BCUT2D eigenvalue weighted by Gasteiger charge is 2.17. The summed E-state index contributed by atoms with van der Waals surface area (Å²) in [6.45, 7) is 9.84. The third-order valence-electron chi connectivity index (χ3n) is 4.81. The van der Waals surface area contributed by atoms with Crippen LogP contribution in [0.2, 0.25) is 0 Å². The lowest BCUT2D eigenvalue weighted by molar-refractivity contribution is 0.0211. The van der Waals surface area contributed by atoms with Gasteiger partial charge in [0, 0.05) is 37.6 Å².